The van der Waals surface area contributed by atoms with Gasteiger partial charge in [0.15, 0.2) is 0 Å². The minimum absolute atomic E-state index is 0.620. The Balaban J connectivity index is 2.12. The van der Waals surface area contributed by atoms with Gasteiger partial charge in [0.25, 0.3) is 0 Å². The van der Waals surface area contributed by atoms with Crippen LogP contribution >= 0.6 is 11.6 Å². The van der Waals surface area contributed by atoms with E-state index < -0.39 is 5.37 Å². The molecule has 0 N–H and O–H groups in total. The van der Waals surface area contributed by atoms with Gasteiger partial charge in [0.1, 0.15) is 0 Å². The fraction of sp³-hybridized carbons (Fsp3) is 0.0476. The van der Waals surface area contributed by atoms with Crippen LogP contribution in [-0.2, 0) is 0 Å². The summed E-state index contributed by atoms with van der Waals surface area (Å²) >= 11 is 5.82. The maximum Gasteiger partial charge on any atom is 0.341 e. The Labute approximate surface area is 152 Å². The number of hydrogen-bond donors (Lipinski definition) is 0. The molecule has 3 aromatic rings. The standard InChI is InChI=1S/C21H17ClN2O/c1-16-12-14-19(15-13-16)24(21(22)25)23-20(17-8-4-2-5-9-17)18-10-6-3-7-11-18/h2-15H,1H3. The molecule has 0 radical (unpaired) electrons. The Morgan fingerprint density at radius 3 is 1.72 bits per heavy atom. The van der Waals surface area contributed by atoms with Crippen molar-refractivity contribution in [1.29, 1.82) is 0 Å². The molecule has 25 heavy (non-hydrogen) atoms. The molecule has 0 saturated carbocycles. The first-order valence-electron chi connectivity index (χ1n) is 7.91. The Hall–Kier alpha value is -2.91. The molecule has 0 aliphatic rings. The number of halogens is 1. The van der Waals surface area contributed by atoms with Crippen LogP contribution in [0.25, 0.3) is 0 Å². The number of nitrogens with zero attached hydrogens (tertiary/aromatic N) is 2. The van der Waals surface area contributed by atoms with E-state index in [0.29, 0.717) is 11.4 Å². The predicted octanol–water partition coefficient (Wildman–Crippen LogP) is 5.61. The molecule has 0 fully saturated rings. The molecule has 0 aromatic heterocycles. The molecule has 3 nitrogen and oxygen atoms in total. The second kappa shape index (κ2) is 7.77. The third-order valence-electron chi connectivity index (χ3n) is 3.74. The highest BCUT2D eigenvalue weighted by atomic mass is 35.5. The topological polar surface area (TPSA) is 32.7 Å². The molecule has 1 amide bonds. The zero-order valence-corrected chi connectivity index (χ0v) is 14.5. The van der Waals surface area contributed by atoms with Crippen LogP contribution in [0.1, 0.15) is 16.7 Å². The molecule has 0 saturated heterocycles. The number of hydrogen-bond acceptors (Lipinski definition) is 2. The van der Waals surface area contributed by atoms with Crippen molar-refractivity contribution in [2.45, 2.75) is 6.92 Å². The first kappa shape index (κ1) is 16.9. The summed E-state index contributed by atoms with van der Waals surface area (Å²) in [5.74, 6) is 0. The summed E-state index contributed by atoms with van der Waals surface area (Å²) in [5, 5.41) is 5.14. The lowest BCUT2D eigenvalue weighted by Crippen LogP contribution is -2.22. The van der Waals surface area contributed by atoms with Gasteiger partial charge in [-0.2, -0.15) is 10.1 Å². The van der Waals surface area contributed by atoms with E-state index in [4.69, 9.17) is 11.6 Å². The molecule has 0 spiro atoms. The smallest absolute Gasteiger partial charge is 0.253 e. The van der Waals surface area contributed by atoms with Crippen molar-refractivity contribution in [2.24, 2.45) is 5.10 Å². The van der Waals surface area contributed by atoms with E-state index in [1.54, 1.807) is 0 Å². The van der Waals surface area contributed by atoms with Crippen LogP contribution in [-0.4, -0.2) is 11.1 Å². The van der Waals surface area contributed by atoms with Gasteiger partial charge in [0, 0.05) is 11.1 Å². The summed E-state index contributed by atoms with van der Waals surface area (Å²) in [6.07, 6.45) is 0. The number of anilines is 1. The molecular formula is C21H17ClN2O. The summed E-state index contributed by atoms with van der Waals surface area (Å²) in [5.41, 5.74) is 4.21. The van der Waals surface area contributed by atoms with Crippen molar-refractivity contribution >= 4 is 28.4 Å². The number of benzene rings is 3. The lowest BCUT2D eigenvalue weighted by atomic mass is 10.0. The molecule has 3 rings (SSSR count). The summed E-state index contributed by atoms with van der Waals surface area (Å²) in [7, 11) is 0. The van der Waals surface area contributed by atoms with E-state index in [0.717, 1.165) is 16.7 Å². The monoisotopic (exact) mass is 348 g/mol. The van der Waals surface area contributed by atoms with Crippen LogP contribution in [0, 0.1) is 6.92 Å². The van der Waals surface area contributed by atoms with Gasteiger partial charge in [-0.25, -0.2) is 0 Å². The van der Waals surface area contributed by atoms with Crippen molar-refractivity contribution in [3.63, 3.8) is 0 Å². The number of hydrazone groups is 1. The van der Waals surface area contributed by atoms with Crippen LogP contribution in [0.4, 0.5) is 10.5 Å². The highest BCUT2D eigenvalue weighted by Crippen LogP contribution is 2.20. The van der Waals surface area contributed by atoms with Gasteiger partial charge in [-0.3, -0.25) is 4.79 Å². The van der Waals surface area contributed by atoms with Gasteiger partial charge in [0.05, 0.1) is 11.4 Å². The van der Waals surface area contributed by atoms with E-state index in [1.165, 1.54) is 5.01 Å². The van der Waals surface area contributed by atoms with E-state index >= 15 is 0 Å². The number of rotatable bonds is 4. The van der Waals surface area contributed by atoms with Crippen molar-refractivity contribution in [2.75, 3.05) is 5.01 Å². The van der Waals surface area contributed by atoms with Gasteiger partial charge in [-0.15, -0.1) is 0 Å². The zero-order chi connectivity index (χ0) is 17.6. The minimum atomic E-state index is -0.659. The van der Waals surface area contributed by atoms with E-state index in [1.807, 2.05) is 91.9 Å². The molecule has 0 aliphatic heterocycles. The Morgan fingerprint density at radius 2 is 1.28 bits per heavy atom. The van der Waals surface area contributed by atoms with Gasteiger partial charge >= 0.3 is 5.37 Å². The van der Waals surface area contributed by atoms with Crippen molar-refractivity contribution in [1.82, 2.24) is 0 Å². The summed E-state index contributed by atoms with van der Waals surface area (Å²) in [6.45, 7) is 1.99. The molecule has 0 bridgehead atoms. The fourth-order valence-electron chi connectivity index (χ4n) is 2.46. The third kappa shape index (κ3) is 4.14. The first-order valence-corrected chi connectivity index (χ1v) is 8.28. The van der Waals surface area contributed by atoms with Crippen LogP contribution in [0.15, 0.2) is 90.0 Å². The first-order chi connectivity index (χ1) is 12.1. The van der Waals surface area contributed by atoms with E-state index in [-0.39, 0.29) is 0 Å². The molecule has 0 aliphatic carbocycles. The number of amides is 1. The normalized spacial score (nSPS) is 10.2. The summed E-state index contributed by atoms with van der Waals surface area (Å²) in [4.78, 5) is 12.0. The van der Waals surface area contributed by atoms with Crippen molar-refractivity contribution < 1.29 is 4.79 Å². The number of carbonyl (C=O) groups is 1. The van der Waals surface area contributed by atoms with Gasteiger partial charge in [-0.05, 0) is 30.7 Å². The second-order valence-electron chi connectivity index (χ2n) is 5.58. The Bertz CT molecular complexity index is 833. The molecule has 0 unspecified atom stereocenters. The lowest BCUT2D eigenvalue weighted by molar-refractivity contribution is 0.264. The highest BCUT2D eigenvalue weighted by Gasteiger charge is 2.16. The van der Waals surface area contributed by atoms with Crippen LogP contribution in [0.5, 0.6) is 0 Å². The Kier molecular flexibility index (Phi) is 5.26. The molecule has 0 heterocycles. The average Bonchev–Trinajstić information content (AvgIpc) is 2.65. The van der Waals surface area contributed by atoms with Crippen LogP contribution in [0.2, 0.25) is 0 Å². The molecule has 4 heteroatoms. The number of carbonyl (C=O) groups excluding carboxylic acids is 1. The predicted molar refractivity (Wildman–Crippen MR) is 103 cm³/mol. The molecular weight excluding hydrogens is 332 g/mol. The summed E-state index contributed by atoms with van der Waals surface area (Å²) in [6, 6.07) is 26.9. The Morgan fingerprint density at radius 1 is 0.800 bits per heavy atom. The number of aryl methyl sites for hydroxylation is 1. The van der Waals surface area contributed by atoms with Gasteiger partial charge in [-0.1, -0.05) is 78.4 Å². The van der Waals surface area contributed by atoms with Gasteiger partial charge in [0.2, 0.25) is 0 Å². The van der Waals surface area contributed by atoms with E-state index in [2.05, 4.69) is 5.10 Å². The average molecular weight is 349 g/mol. The minimum Gasteiger partial charge on any atom is -0.253 e. The van der Waals surface area contributed by atoms with Crippen molar-refractivity contribution in [3.05, 3.63) is 102 Å². The maximum absolute atomic E-state index is 12.0. The summed E-state index contributed by atoms with van der Waals surface area (Å²) < 4.78 is 0. The van der Waals surface area contributed by atoms with Crippen LogP contribution in [0.3, 0.4) is 0 Å². The molecule has 3 aromatic carbocycles. The van der Waals surface area contributed by atoms with Crippen molar-refractivity contribution in [3.8, 4) is 0 Å². The zero-order valence-electron chi connectivity index (χ0n) is 13.8. The maximum atomic E-state index is 12.0. The highest BCUT2D eigenvalue weighted by molar-refractivity contribution is 6.66. The fourth-order valence-corrected chi connectivity index (χ4v) is 2.59. The lowest BCUT2D eigenvalue weighted by Gasteiger charge is -2.17. The molecule has 124 valence electrons. The third-order valence-corrected chi connectivity index (χ3v) is 3.90. The van der Waals surface area contributed by atoms with Gasteiger partial charge < -0.3 is 0 Å². The second-order valence-corrected chi connectivity index (χ2v) is 5.90. The quantitative estimate of drug-likeness (QED) is 0.261. The van der Waals surface area contributed by atoms with E-state index in [9.17, 15) is 4.79 Å². The molecule has 0 atom stereocenters. The SMILES string of the molecule is Cc1ccc(N(N=C(c2ccccc2)c2ccccc2)C(=O)Cl)cc1. The van der Waals surface area contributed by atoms with Crippen LogP contribution < -0.4 is 5.01 Å². The largest absolute Gasteiger partial charge is 0.341 e.